The number of ether oxygens (including phenoxy) is 2. The van der Waals surface area contributed by atoms with Gasteiger partial charge in [0.1, 0.15) is 11.5 Å². The monoisotopic (exact) mass is 403 g/mol. The first-order valence-electron chi connectivity index (χ1n) is 10.0. The summed E-state index contributed by atoms with van der Waals surface area (Å²) >= 11 is 0. The Balaban J connectivity index is 2.13. The topological polar surface area (TPSA) is 77.7 Å². The molecule has 1 heterocycles. The molecule has 0 spiro atoms. The Labute approximate surface area is 173 Å². The number of carbonyl (C=O) groups excluding carboxylic acids is 1. The van der Waals surface area contributed by atoms with Gasteiger partial charge in [-0.15, -0.1) is 0 Å². The molecular formula is C22H33N3O4. The molecule has 0 saturated heterocycles. The number of benzene rings is 1. The Morgan fingerprint density at radius 2 is 1.79 bits per heavy atom. The molecule has 0 saturated carbocycles. The van der Waals surface area contributed by atoms with Gasteiger partial charge in [-0.25, -0.2) is 0 Å². The summed E-state index contributed by atoms with van der Waals surface area (Å²) in [5.41, 5.74) is 0.699. The van der Waals surface area contributed by atoms with Crippen LogP contribution in [0.4, 0.5) is 0 Å². The summed E-state index contributed by atoms with van der Waals surface area (Å²) in [5.74, 6) is 2.43. The summed E-state index contributed by atoms with van der Waals surface area (Å²) in [4.78, 5) is 19.2. The average molecular weight is 404 g/mol. The van der Waals surface area contributed by atoms with Crippen molar-refractivity contribution in [2.75, 3.05) is 20.8 Å². The van der Waals surface area contributed by atoms with E-state index in [4.69, 9.17) is 14.0 Å². The fraction of sp³-hybridized carbons (Fsp3) is 0.591. The summed E-state index contributed by atoms with van der Waals surface area (Å²) in [7, 11) is 3.19. The van der Waals surface area contributed by atoms with Crippen LogP contribution in [0.15, 0.2) is 22.7 Å². The van der Waals surface area contributed by atoms with E-state index in [2.05, 4.69) is 44.8 Å². The van der Waals surface area contributed by atoms with Gasteiger partial charge in [0, 0.05) is 37.1 Å². The lowest BCUT2D eigenvalue weighted by Crippen LogP contribution is -2.41. The number of methoxy groups -OCH3 is 2. The molecule has 0 aliphatic heterocycles. The fourth-order valence-electron chi connectivity index (χ4n) is 2.99. The zero-order valence-electron chi connectivity index (χ0n) is 18.6. The van der Waals surface area contributed by atoms with E-state index in [1.165, 1.54) is 0 Å². The van der Waals surface area contributed by atoms with Gasteiger partial charge in [-0.1, -0.05) is 32.9 Å². The second-order valence-electron chi connectivity index (χ2n) is 8.44. The largest absolute Gasteiger partial charge is 0.497 e. The van der Waals surface area contributed by atoms with Crippen LogP contribution in [-0.2, 0) is 11.2 Å². The van der Waals surface area contributed by atoms with Crippen molar-refractivity contribution in [3.63, 3.8) is 0 Å². The first-order chi connectivity index (χ1) is 13.7. The number of hydrogen-bond donors (Lipinski definition) is 0. The Morgan fingerprint density at radius 3 is 2.31 bits per heavy atom. The van der Waals surface area contributed by atoms with Crippen molar-refractivity contribution in [1.82, 2.24) is 15.0 Å². The molecule has 7 heteroatoms. The molecule has 7 nitrogen and oxygen atoms in total. The number of nitrogens with zero attached hydrogens (tertiary/aromatic N) is 3. The molecule has 0 N–H and O–H groups in total. The SMILES string of the molecule is CC[C@H](C)N(CCc1nc(-c2cc(OC)cc(OC)c2)no1)C(=O)CC(C)(C)C. The van der Waals surface area contributed by atoms with Crippen LogP contribution in [0.25, 0.3) is 11.4 Å². The molecular weight excluding hydrogens is 370 g/mol. The minimum absolute atomic E-state index is 0.0497. The second kappa shape index (κ2) is 9.76. The van der Waals surface area contributed by atoms with Crippen LogP contribution in [0.2, 0.25) is 0 Å². The standard InChI is InChI=1S/C22H33N3O4/c1-8-15(2)25(20(26)14-22(3,4)5)10-9-19-23-21(24-29-19)16-11-17(27-6)13-18(12-16)28-7/h11-13,15H,8-10,14H2,1-7H3/t15-/m0/s1. The normalized spacial score (nSPS) is 12.5. The summed E-state index contributed by atoms with van der Waals surface area (Å²) in [6.07, 6.45) is 1.92. The van der Waals surface area contributed by atoms with Gasteiger partial charge in [0.15, 0.2) is 0 Å². The van der Waals surface area contributed by atoms with Crippen molar-refractivity contribution in [2.24, 2.45) is 5.41 Å². The quantitative estimate of drug-likeness (QED) is 0.619. The summed E-state index contributed by atoms with van der Waals surface area (Å²) in [5, 5.41) is 4.08. The summed E-state index contributed by atoms with van der Waals surface area (Å²) in [6, 6.07) is 5.61. The predicted molar refractivity (Wildman–Crippen MR) is 112 cm³/mol. The summed E-state index contributed by atoms with van der Waals surface area (Å²) < 4.78 is 16.0. The molecule has 0 fully saturated rings. The van der Waals surface area contributed by atoms with Crippen LogP contribution in [0.1, 0.15) is 53.4 Å². The van der Waals surface area contributed by atoms with Crippen LogP contribution < -0.4 is 9.47 Å². The van der Waals surface area contributed by atoms with E-state index in [9.17, 15) is 4.79 Å². The highest BCUT2D eigenvalue weighted by atomic mass is 16.5. The van der Waals surface area contributed by atoms with Crippen LogP contribution in [-0.4, -0.2) is 47.8 Å². The maximum Gasteiger partial charge on any atom is 0.228 e. The number of aromatic nitrogens is 2. The maximum atomic E-state index is 12.8. The molecule has 160 valence electrons. The molecule has 1 aromatic carbocycles. The third-order valence-electron chi connectivity index (χ3n) is 4.77. The van der Waals surface area contributed by atoms with Crippen molar-refractivity contribution >= 4 is 5.91 Å². The Bertz CT molecular complexity index is 788. The molecule has 0 aliphatic carbocycles. The molecule has 1 amide bonds. The zero-order valence-corrected chi connectivity index (χ0v) is 18.6. The molecule has 0 aliphatic rings. The lowest BCUT2D eigenvalue weighted by Gasteiger charge is -2.31. The highest BCUT2D eigenvalue weighted by Crippen LogP contribution is 2.28. The number of amides is 1. The minimum Gasteiger partial charge on any atom is -0.497 e. The van der Waals surface area contributed by atoms with Gasteiger partial charge in [0.2, 0.25) is 17.6 Å². The van der Waals surface area contributed by atoms with Crippen LogP contribution in [0.3, 0.4) is 0 Å². The first-order valence-corrected chi connectivity index (χ1v) is 10.0. The maximum absolute atomic E-state index is 12.8. The Hall–Kier alpha value is -2.57. The van der Waals surface area contributed by atoms with Crippen LogP contribution in [0, 0.1) is 5.41 Å². The van der Waals surface area contributed by atoms with Gasteiger partial charge in [0.05, 0.1) is 14.2 Å². The molecule has 0 unspecified atom stereocenters. The third kappa shape index (κ3) is 6.48. The summed E-state index contributed by atoms with van der Waals surface area (Å²) in [6.45, 7) is 10.9. The number of hydrogen-bond acceptors (Lipinski definition) is 6. The van der Waals surface area contributed by atoms with E-state index in [-0.39, 0.29) is 17.4 Å². The van der Waals surface area contributed by atoms with Crippen molar-refractivity contribution in [3.8, 4) is 22.9 Å². The van der Waals surface area contributed by atoms with Crippen molar-refractivity contribution in [3.05, 3.63) is 24.1 Å². The van der Waals surface area contributed by atoms with E-state index in [1.807, 2.05) is 17.0 Å². The van der Waals surface area contributed by atoms with Crippen molar-refractivity contribution in [2.45, 2.75) is 59.9 Å². The highest BCUT2D eigenvalue weighted by molar-refractivity contribution is 5.77. The van der Waals surface area contributed by atoms with Crippen molar-refractivity contribution < 1.29 is 18.8 Å². The molecule has 29 heavy (non-hydrogen) atoms. The molecule has 0 bridgehead atoms. The van der Waals surface area contributed by atoms with Gasteiger partial charge in [-0.05, 0) is 30.9 Å². The van der Waals surface area contributed by atoms with Gasteiger partial charge >= 0.3 is 0 Å². The van der Waals surface area contributed by atoms with Crippen molar-refractivity contribution in [1.29, 1.82) is 0 Å². The van der Waals surface area contributed by atoms with Crippen LogP contribution >= 0.6 is 0 Å². The van der Waals surface area contributed by atoms with Gasteiger partial charge in [-0.3, -0.25) is 4.79 Å². The lowest BCUT2D eigenvalue weighted by atomic mass is 9.91. The predicted octanol–water partition coefficient (Wildman–Crippen LogP) is 4.36. The molecule has 1 atom stereocenters. The van der Waals surface area contributed by atoms with Gasteiger partial charge < -0.3 is 18.9 Å². The molecule has 2 rings (SSSR count). The van der Waals surface area contributed by atoms with Crippen LogP contribution in [0.5, 0.6) is 11.5 Å². The Kier molecular flexibility index (Phi) is 7.65. The van der Waals surface area contributed by atoms with E-state index >= 15 is 0 Å². The first kappa shape index (κ1) is 22.7. The molecule has 1 aromatic heterocycles. The van der Waals surface area contributed by atoms with Gasteiger partial charge in [0.25, 0.3) is 0 Å². The number of rotatable bonds is 9. The average Bonchev–Trinajstić information content (AvgIpc) is 3.15. The molecule has 0 radical (unpaired) electrons. The zero-order chi connectivity index (χ0) is 21.6. The van der Waals surface area contributed by atoms with E-state index in [1.54, 1.807) is 20.3 Å². The number of carbonyl (C=O) groups is 1. The van der Waals surface area contributed by atoms with E-state index < -0.39 is 0 Å². The minimum atomic E-state index is -0.0497. The van der Waals surface area contributed by atoms with E-state index in [0.717, 1.165) is 12.0 Å². The smallest absolute Gasteiger partial charge is 0.228 e. The van der Waals surface area contributed by atoms with E-state index in [0.29, 0.717) is 42.6 Å². The fourth-order valence-corrected chi connectivity index (χ4v) is 2.99. The third-order valence-corrected chi connectivity index (χ3v) is 4.77. The van der Waals surface area contributed by atoms with Gasteiger partial charge in [-0.2, -0.15) is 4.98 Å². The lowest BCUT2D eigenvalue weighted by molar-refractivity contribution is -0.135. The molecule has 2 aromatic rings. The second-order valence-corrected chi connectivity index (χ2v) is 8.44. The Morgan fingerprint density at radius 1 is 1.17 bits per heavy atom. The highest BCUT2D eigenvalue weighted by Gasteiger charge is 2.24.